The number of guanidine groups is 1. The lowest BCUT2D eigenvalue weighted by molar-refractivity contribution is -0.122. The lowest BCUT2D eigenvalue weighted by atomic mass is 9.96. The number of halogens is 2. The largest absolute Gasteiger partial charge is 0.383 e. The van der Waals surface area contributed by atoms with Crippen LogP contribution in [0.3, 0.4) is 0 Å². The molecule has 0 unspecified atom stereocenters. The SMILES string of the molecule is CCNC(=NCC1(c2cccc(F)c2)CC1)N1CCN(CC(=O)NCCOC)CC1.I. The van der Waals surface area contributed by atoms with Crippen LogP contribution in [0.2, 0.25) is 0 Å². The number of methoxy groups -OCH3 is 1. The molecule has 1 aromatic rings. The summed E-state index contributed by atoms with van der Waals surface area (Å²) in [6.45, 7) is 8.29. The van der Waals surface area contributed by atoms with Crippen LogP contribution >= 0.6 is 24.0 Å². The molecular weight excluding hydrogens is 512 g/mol. The van der Waals surface area contributed by atoms with Crippen LogP contribution in [0, 0.1) is 5.82 Å². The minimum Gasteiger partial charge on any atom is -0.383 e. The molecule has 31 heavy (non-hydrogen) atoms. The van der Waals surface area contributed by atoms with Gasteiger partial charge in [-0.2, -0.15) is 0 Å². The molecule has 0 bridgehead atoms. The van der Waals surface area contributed by atoms with Crippen molar-refractivity contribution in [3.63, 3.8) is 0 Å². The number of hydrogen-bond donors (Lipinski definition) is 2. The number of carbonyl (C=O) groups excluding carboxylic acids is 1. The van der Waals surface area contributed by atoms with E-state index in [0.29, 0.717) is 26.2 Å². The summed E-state index contributed by atoms with van der Waals surface area (Å²) in [6, 6.07) is 6.93. The van der Waals surface area contributed by atoms with Crippen molar-refractivity contribution in [3.05, 3.63) is 35.6 Å². The maximum atomic E-state index is 13.7. The molecule has 3 rings (SSSR count). The summed E-state index contributed by atoms with van der Waals surface area (Å²) >= 11 is 0. The molecule has 0 radical (unpaired) electrons. The van der Waals surface area contributed by atoms with E-state index in [1.165, 1.54) is 6.07 Å². The molecule has 1 saturated carbocycles. The highest BCUT2D eigenvalue weighted by Gasteiger charge is 2.44. The van der Waals surface area contributed by atoms with Gasteiger partial charge in [-0.15, -0.1) is 24.0 Å². The molecule has 0 atom stereocenters. The number of nitrogens with one attached hydrogen (secondary N) is 2. The Morgan fingerprint density at radius 3 is 2.58 bits per heavy atom. The molecule has 1 aromatic carbocycles. The van der Waals surface area contributed by atoms with Crippen molar-refractivity contribution in [2.75, 3.05) is 66.1 Å². The van der Waals surface area contributed by atoms with Gasteiger partial charge in [-0.25, -0.2) is 4.39 Å². The van der Waals surface area contributed by atoms with Crippen LogP contribution in [0.25, 0.3) is 0 Å². The van der Waals surface area contributed by atoms with Gasteiger partial charge < -0.3 is 20.3 Å². The Bertz CT molecular complexity index is 736. The zero-order chi connectivity index (χ0) is 21.4. The van der Waals surface area contributed by atoms with E-state index >= 15 is 0 Å². The molecule has 174 valence electrons. The summed E-state index contributed by atoms with van der Waals surface area (Å²) in [7, 11) is 1.62. The maximum Gasteiger partial charge on any atom is 0.234 e. The predicted octanol–water partition coefficient (Wildman–Crippen LogP) is 1.82. The van der Waals surface area contributed by atoms with Gasteiger partial charge in [0, 0.05) is 51.8 Å². The molecule has 0 spiro atoms. The number of ether oxygens (including phenoxy) is 1. The molecule has 7 nitrogen and oxygen atoms in total. The van der Waals surface area contributed by atoms with Crippen molar-refractivity contribution in [1.29, 1.82) is 0 Å². The zero-order valence-electron chi connectivity index (χ0n) is 18.5. The number of aliphatic imine (C=N–C) groups is 1. The van der Waals surface area contributed by atoms with E-state index in [1.807, 2.05) is 6.07 Å². The Morgan fingerprint density at radius 1 is 1.23 bits per heavy atom. The second kappa shape index (κ2) is 12.5. The summed E-state index contributed by atoms with van der Waals surface area (Å²) in [5.74, 6) is 0.758. The van der Waals surface area contributed by atoms with Crippen LogP contribution in [0.5, 0.6) is 0 Å². The van der Waals surface area contributed by atoms with Crippen molar-refractivity contribution in [2.45, 2.75) is 25.2 Å². The highest BCUT2D eigenvalue weighted by atomic mass is 127. The van der Waals surface area contributed by atoms with Crippen molar-refractivity contribution < 1.29 is 13.9 Å². The smallest absolute Gasteiger partial charge is 0.234 e. The lowest BCUT2D eigenvalue weighted by Gasteiger charge is -2.36. The van der Waals surface area contributed by atoms with Crippen molar-refractivity contribution in [2.24, 2.45) is 4.99 Å². The molecule has 2 fully saturated rings. The number of benzene rings is 1. The molecular formula is C22H35FIN5O2. The number of amides is 1. The minimum atomic E-state index is -0.183. The zero-order valence-corrected chi connectivity index (χ0v) is 20.9. The monoisotopic (exact) mass is 547 g/mol. The maximum absolute atomic E-state index is 13.7. The van der Waals surface area contributed by atoms with Crippen LogP contribution in [0.4, 0.5) is 4.39 Å². The van der Waals surface area contributed by atoms with Crippen molar-refractivity contribution >= 4 is 35.8 Å². The number of rotatable bonds is 9. The molecule has 0 aromatic heterocycles. The molecule has 1 heterocycles. The van der Waals surface area contributed by atoms with Gasteiger partial charge in [-0.05, 0) is 37.5 Å². The number of piperazine rings is 1. The summed E-state index contributed by atoms with van der Waals surface area (Å²) < 4.78 is 18.6. The van der Waals surface area contributed by atoms with Crippen LogP contribution in [-0.4, -0.2) is 87.7 Å². The fourth-order valence-electron chi connectivity index (χ4n) is 3.83. The van der Waals surface area contributed by atoms with Gasteiger partial charge >= 0.3 is 0 Å². The van der Waals surface area contributed by atoms with Crippen LogP contribution < -0.4 is 10.6 Å². The Hall–Kier alpha value is -1.46. The fourth-order valence-corrected chi connectivity index (χ4v) is 3.83. The van der Waals surface area contributed by atoms with Gasteiger partial charge in [0.15, 0.2) is 5.96 Å². The highest BCUT2D eigenvalue weighted by Crippen LogP contribution is 2.48. The Kier molecular flexibility index (Phi) is 10.4. The fraction of sp³-hybridized carbons (Fsp3) is 0.636. The average Bonchev–Trinajstić information content (AvgIpc) is 3.53. The Morgan fingerprint density at radius 2 is 1.97 bits per heavy atom. The molecule has 2 N–H and O–H groups in total. The third-order valence-electron chi connectivity index (χ3n) is 5.82. The first kappa shape index (κ1) is 25.8. The second-order valence-electron chi connectivity index (χ2n) is 8.07. The minimum absolute atomic E-state index is 0. The van der Waals surface area contributed by atoms with Gasteiger partial charge in [0.05, 0.1) is 19.7 Å². The first-order valence-electron chi connectivity index (χ1n) is 10.8. The summed E-state index contributed by atoms with van der Waals surface area (Å²) in [5, 5.41) is 6.26. The van der Waals surface area contributed by atoms with E-state index in [9.17, 15) is 9.18 Å². The summed E-state index contributed by atoms with van der Waals surface area (Å²) in [6.07, 6.45) is 2.09. The van der Waals surface area contributed by atoms with E-state index < -0.39 is 0 Å². The summed E-state index contributed by atoms with van der Waals surface area (Å²) in [4.78, 5) is 21.3. The normalized spacial score (nSPS) is 18.3. The predicted molar refractivity (Wildman–Crippen MR) is 132 cm³/mol. The topological polar surface area (TPSA) is 69.2 Å². The highest BCUT2D eigenvalue weighted by molar-refractivity contribution is 14.0. The first-order chi connectivity index (χ1) is 14.6. The van der Waals surface area contributed by atoms with Crippen molar-refractivity contribution in [3.8, 4) is 0 Å². The molecule has 1 aliphatic heterocycles. The van der Waals surface area contributed by atoms with Crippen LogP contribution in [0.1, 0.15) is 25.3 Å². The van der Waals surface area contributed by atoms with Gasteiger partial charge in [0.25, 0.3) is 0 Å². The molecule has 9 heteroatoms. The Labute approximate surface area is 201 Å². The molecule has 1 amide bonds. The second-order valence-corrected chi connectivity index (χ2v) is 8.07. The average molecular weight is 547 g/mol. The third-order valence-corrected chi connectivity index (χ3v) is 5.82. The van der Waals surface area contributed by atoms with Crippen molar-refractivity contribution in [1.82, 2.24) is 20.4 Å². The molecule has 1 saturated heterocycles. The van der Waals surface area contributed by atoms with Gasteiger partial charge in [0.2, 0.25) is 5.91 Å². The number of nitrogens with zero attached hydrogens (tertiary/aromatic N) is 3. The molecule has 2 aliphatic rings. The van der Waals surface area contributed by atoms with E-state index in [2.05, 4.69) is 27.4 Å². The van der Waals surface area contributed by atoms with Gasteiger partial charge in [0.1, 0.15) is 5.82 Å². The number of hydrogen-bond acceptors (Lipinski definition) is 4. The quantitative estimate of drug-likeness (QED) is 0.214. The van der Waals surface area contributed by atoms with Gasteiger partial charge in [-0.3, -0.25) is 14.7 Å². The van der Waals surface area contributed by atoms with E-state index in [0.717, 1.165) is 57.1 Å². The standard InChI is InChI=1S/C22H34FN5O2.HI/c1-3-24-21(26-17-22(7-8-22)18-5-4-6-19(23)15-18)28-12-10-27(11-13-28)16-20(29)25-9-14-30-2;/h4-6,15H,3,7-14,16-17H2,1-2H3,(H,24,26)(H,25,29);1H. The lowest BCUT2D eigenvalue weighted by Crippen LogP contribution is -2.54. The van der Waals surface area contributed by atoms with Gasteiger partial charge in [-0.1, -0.05) is 12.1 Å². The number of carbonyl (C=O) groups is 1. The Balaban J connectivity index is 0.00000341. The van der Waals surface area contributed by atoms with E-state index in [-0.39, 0.29) is 41.1 Å². The van der Waals surface area contributed by atoms with E-state index in [1.54, 1.807) is 19.2 Å². The molecule has 1 aliphatic carbocycles. The summed E-state index contributed by atoms with van der Waals surface area (Å²) in [5.41, 5.74) is 1.02. The van der Waals surface area contributed by atoms with Crippen LogP contribution in [-0.2, 0) is 14.9 Å². The van der Waals surface area contributed by atoms with E-state index in [4.69, 9.17) is 9.73 Å². The first-order valence-corrected chi connectivity index (χ1v) is 10.8. The third kappa shape index (κ3) is 7.57. The van der Waals surface area contributed by atoms with Crippen LogP contribution in [0.15, 0.2) is 29.3 Å².